The Morgan fingerprint density at radius 3 is 2.24 bits per heavy atom. The van der Waals surface area contributed by atoms with Gasteiger partial charge < -0.3 is 5.73 Å². The van der Waals surface area contributed by atoms with Crippen LogP contribution in [0, 0.1) is 0 Å². The second-order valence-electron chi connectivity index (χ2n) is 6.40. The fourth-order valence-corrected chi connectivity index (χ4v) is 3.42. The van der Waals surface area contributed by atoms with Crippen LogP contribution in [0.3, 0.4) is 0 Å². The van der Waals surface area contributed by atoms with Crippen LogP contribution in [-0.2, 0) is 6.54 Å². The summed E-state index contributed by atoms with van der Waals surface area (Å²) in [4.78, 5) is 3.60. The van der Waals surface area contributed by atoms with E-state index in [0.717, 1.165) is 11.4 Å². The van der Waals surface area contributed by atoms with Crippen molar-refractivity contribution in [1.29, 1.82) is 0 Å². The van der Waals surface area contributed by atoms with Gasteiger partial charge in [0.15, 0.2) is 0 Å². The highest BCUT2D eigenvalue weighted by molar-refractivity contribution is 7.80. The lowest BCUT2D eigenvalue weighted by molar-refractivity contribution is 0.221. The molecule has 2 N–H and O–H groups in total. The Morgan fingerprint density at radius 1 is 1.00 bits per heavy atom. The standard InChI is InChI=1S/C12H17NS.C6H13N/c14-12-6-4-5-11(9-12)10-13-7-2-1-3-8-13;7-6-4-2-1-3-5-6/h4-6,9,14H,1-3,7-8,10H2;6H,1-5,7H2. The molecule has 0 bridgehead atoms. The van der Waals surface area contributed by atoms with E-state index in [2.05, 4.69) is 35.7 Å². The number of hydrogen-bond acceptors (Lipinski definition) is 3. The first-order valence-electron chi connectivity index (χ1n) is 8.50. The van der Waals surface area contributed by atoms with Gasteiger partial charge in [-0.2, -0.15) is 0 Å². The van der Waals surface area contributed by atoms with Crippen molar-refractivity contribution in [2.75, 3.05) is 13.1 Å². The quantitative estimate of drug-likeness (QED) is 0.800. The monoisotopic (exact) mass is 306 g/mol. The Morgan fingerprint density at radius 2 is 1.67 bits per heavy atom. The smallest absolute Gasteiger partial charge is 0.0234 e. The second kappa shape index (κ2) is 9.50. The second-order valence-corrected chi connectivity index (χ2v) is 6.92. The number of benzene rings is 1. The summed E-state index contributed by atoms with van der Waals surface area (Å²) in [5, 5.41) is 0. The molecule has 118 valence electrons. The first-order chi connectivity index (χ1) is 10.2. The van der Waals surface area contributed by atoms with E-state index in [9.17, 15) is 0 Å². The molecule has 0 unspecified atom stereocenters. The Labute approximate surface area is 135 Å². The minimum Gasteiger partial charge on any atom is -0.328 e. The molecule has 0 spiro atoms. The maximum atomic E-state index is 5.63. The molecule has 1 aromatic carbocycles. The summed E-state index contributed by atoms with van der Waals surface area (Å²) >= 11 is 4.35. The molecular formula is C18H30N2S. The lowest BCUT2D eigenvalue weighted by Crippen LogP contribution is -2.29. The van der Waals surface area contributed by atoms with Crippen LogP contribution in [0.1, 0.15) is 56.9 Å². The number of likely N-dealkylation sites (tertiary alicyclic amines) is 1. The summed E-state index contributed by atoms with van der Waals surface area (Å²) in [5.41, 5.74) is 7.02. The molecule has 2 aliphatic rings. The first-order valence-corrected chi connectivity index (χ1v) is 8.94. The van der Waals surface area contributed by atoms with Crippen LogP contribution in [0.5, 0.6) is 0 Å². The zero-order valence-electron chi connectivity index (χ0n) is 13.1. The van der Waals surface area contributed by atoms with Crippen LogP contribution < -0.4 is 5.73 Å². The predicted octanol–water partition coefficient (Wildman–Crippen LogP) is 4.24. The number of piperidine rings is 1. The van der Waals surface area contributed by atoms with Gasteiger partial charge in [-0.3, -0.25) is 4.90 Å². The van der Waals surface area contributed by atoms with Gasteiger partial charge in [-0.15, -0.1) is 12.6 Å². The first kappa shape index (κ1) is 16.9. The van der Waals surface area contributed by atoms with Gasteiger partial charge >= 0.3 is 0 Å². The highest BCUT2D eigenvalue weighted by Gasteiger charge is 2.10. The van der Waals surface area contributed by atoms with Gasteiger partial charge in [-0.1, -0.05) is 37.8 Å². The molecule has 0 radical (unpaired) electrons. The largest absolute Gasteiger partial charge is 0.328 e. The topological polar surface area (TPSA) is 29.3 Å². The van der Waals surface area contributed by atoms with Gasteiger partial charge in [-0.25, -0.2) is 0 Å². The molecule has 1 saturated heterocycles. The summed E-state index contributed by atoms with van der Waals surface area (Å²) in [6, 6.07) is 9.00. The molecular weight excluding hydrogens is 276 g/mol. The molecule has 1 aliphatic carbocycles. The van der Waals surface area contributed by atoms with E-state index in [1.165, 1.54) is 70.0 Å². The van der Waals surface area contributed by atoms with Gasteiger partial charge in [0.1, 0.15) is 0 Å². The number of thiol groups is 1. The third kappa shape index (κ3) is 6.86. The van der Waals surface area contributed by atoms with E-state index in [1.807, 2.05) is 6.07 Å². The molecule has 1 aromatic rings. The number of hydrogen-bond donors (Lipinski definition) is 2. The fourth-order valence-electron chi connectivity index (χ4n) is 3.16. The molecule has 0 aromatic heterocycles. The number of nitrogens with zero attached hydrogens (tertiary/aromatic N) is 1. The lowest BCUT2D eigenvalue weighted by atomic mass is 9.97. The third-order valence-electron chi connectivity index (χ3n) is 4.42. The molecule has 1 aliphatic heterocycles. The van der Waals surface area contributed by atoms with Crippen molar-refractivity contribution in [3.8, 4) is 0 Å². The summed E-state index contributed by atoms with van der Waals surface area (Å²) < 4.78 is 0. The van der Waals surface area contributed by atoms with Crippen LogP contribution in [0.2, 0.25) is 0 Å². The maximum absolute atomic E-state index is 5.63. The molecule has 0 amide bonds. The van der Waals surface area contributed by atoms with Gasteiger partial charge in [0, 0.05) is 17.5 Å². The SMILES string of the molecule is NC1CCCCC1.Sc1cccc(CN2CCCCC2)c1. The van der Waals surface area contributed by atoms with Gasteiger partial charge in [0.2, 0.25) is 0 Å². The summed E-state index contributed by atoms with van der Waals surface area (Å²) in [6.45, 7) is 3.61. The molecule has 2 nitrogen and oxygen atoms in total. The van der Waals surface area contributed by atoms with Crippen molar-refractivity contribution in [1.82, 2.24) is 4.90 Å². The highest BCUT2D eigenvalue weighted by Crippen LogP contribution is 2.15. The van der Waals surface area contributed by atoms with E-state index < -0.39 is 0 Å². The molecule has 2 fully saturated rings. The maximum Gasteiger partial charge on any atom is 0.0234 e. The van der Waals surface area contributed by atoms with E-state index in [-0.39, 0.29) is 0 Å². The Balaban J connectivity index is 0.000000194. The molecule has 0 atom stereocenters. The molecule has 21 heavy (non-hydrogen) atoms. The lowest BCUT2D eigenvalue weighted by Gasteiger charge is -2.26. The zero-order chi connectivity index (χ0) is 14.9. The summed E-state index contributed by atoms with van der Waals surface area (Å²) in [6.07, 6.45) is 10.8. The molecule has 1 saturated carbocycles. The average molecular weight is 307 g/mol. The predicted molar refractivity (Wildman–Crippen MR) is 93.9 cm³/mol. The van der Waals surface area contributed by atoms with Crippen molar-refractivity contribution in [2.45, 2.75) is 68.8 Å². The van der Waals surface area contributed by atoms with Crippen LogP contribution in [0.25, 0.3) is 0 Å². The van der Waals surface area contributed by atoms with Crippen molar-refractivity contribution < 1.29 is 0 Å². The summed E-state index contributed by atoms with van der Waals surface area (Å²) in [5.74, 6) is 0. The zero-order valence-corrected chi connectivity index (χ0v) is 14.0. The van der Waals surface area contributed by atoms with Gasteiger partial charge in [-0.05, 0) is 56.5 Å². The Kier molecular flexibility index (Phi) is 7.62. The van der Waals surface area contributed by atoms with E-state index >= 15 is 0 Å². The van der Waals surface area contributed by atoms with Gasteiger partial charge in [0.05, 0.1) is 0 Å². The number of rotatable bonds is 2. The van der Waals surface area contributed by atoms with Crippen LogP contribution in [0.15, 0.2) is 29.2 Å². The van der Waals surface area contributed by atoms with Crippen molar-refractivity contribution >= 4 is 12.6 Å². The van der Waals surface area contributed by atoms with E-state index in [0.29, 0.717) is 6.04 Å². The van der Waals surface area contributed by atoms with Crippen molar-refractivity contribution in [2.24, 2.45) is 5.73 Å². The number of nitrogens with two attached hydrogens (primary N) is 1. The Bertz CT molecular complexity index is 396. The normalized spacial score (nSPS) is 20.7. The van der Waals surface area contributed by atoms with Crippen LogP contribution in [0.4, 0.5) is 0 Å². The minimum absolute atomic E-state index is 0.536. The summed E-state index contributed by atoms with van der Waals surface area (Å²) in [7, 11) is 0. The molecule has 3 rings (SSSR count). The van der Waals surface area contributed by atoms with Gasteiger partial charge in [0.25, 0.3) is 0 Å². The molecule has 3 heteroatoms. The third-order valence-corrected chi connectivity index (χ3v) is 4.69. The van der Waals surface area contributed by atoms with E-state index in [1.54, 1.807) is 0 Å². The van der Waals surface area contributed by atoms with E-state index in [4.69, 9.17) is 5.73 Å². The van der Waals surface area contributed by atoms with Crippen molar-refractivity contribution in [3.05, 3.63) is 29.8 Å². The molecule has 1 heterocycles. The minimum atomic E-state index is 0.536. The average Bonchev–Trinajstić information content (AvgIpc) is 2.50. The van der Waals surface area contributed by atoms with Crippen LogP contribution >= 0.6 is 12.6 Å². The highest BCUT2D eigenvalue weighted by atomic mass is 32.1. The fraction of sp³-hybridized carbons (Fsp3) is 0.667. The van der Waals surface area contributed by atoms with Crippen molar-refractivity contribution in [3.63, 3.8) is 0 Å². The Hall–Kier alpha value is -0.510. The van der Waals surface area contributed by atoms with Crippen LogP contribution in [-0.4, -0.2) is 24.0 Å².